The summed E-state index contributed by atoms with van der Waals surface area (Å²) in [4.78, 5) is 0. The van der Waals surface area contributed by atoms with Crippen LogP contribution in [0.2, 0.25) is 0 Å². The van der Waals surface area contributed by atoms with E-state index in [1.807, 2.05) is 18.2 Å². The Morgan fingerprint density at radius 3 is 3.07 bits per heavy atom. The molecule has 0 saturated heterocycles. The first-order valence-electron chi connectivity index (χ1n) is 4.85. The van der Waals surface area contributed by atoms with Crippen LogP contribution in [-0.2, 0) is 6.42 Å². The number of nitriles is 1. The van der Waals surface area contributed by atoms with Gasteiger partial charge in [0.25, 0.3) is 0 Å². The molecule has 2 rings (SSSR count). The number of ether oxygens (including phenoxy) is 1. The minimum absolute atomic E-state index is 0.548. The van der Waals surface area contributed by atoms with Gasteiger partial charge in [-0.15, -0.1) is 0 Å². The molecule has 3 heteroatoms. The molecule has 0 unspecified atom stereocenters. The molecule has 0 aromatic heterocycles. The van der Waals surface area contributed by atoms with Gasteiger partial charge in [-0.25, -0.2) is 0 Å². The van der Waals surface area contributed by atoms with E-state index in [1.54, 1.807) is 6.92 Å². The minimum Gasteiger partial charge on any atom is -0.493 e. The van der Waals surface area contributed by atoms with Crippen LogP contribution in [0.5, 0.6) is 5.75 Å². The molecule has 0 radical (unpaired) electrons. The summed E-state index contributed by atoms with van der Waals surface area (Å²) >= 11 is 0. The fraction of sp³-hybridized carbons (Fsp3) is 0.250. The second-order valence-corrected chi connectivity index (χ2v) is 3.57. The highest BCUT2D eigenvalue weighted by Crippen LogP contribution is 2.27. The quantitative estimate of drug-likeness (QED) is 0.703. The predicted octanol–water partition coefficient (Wildman–Crippen LogP) is 1.83. The number of allylic oxidation sites excluding steroid dienone is 1. The Kier molecular flexibility index (Phi) is 2.34. The number of hydrogen-bond acceptors (Lipinski definition) is 3. The van der Waals surface area contributed by atoms with Gasteiger partial charge < -0.3 is 10.5 Å². The molecule has 1 aliphatic heterocycles. The van der Waals surface area contributed by atoms with Gasteiger partial charge in [0, 0.05) is 12.0 Å². The largest absolute Gasteiger partial charge is 0.493 e. The van der Waals surface area contributed by atoms with Gasteiger partial charge in [-0.05, 0) is 36.2 Å². The Hall–Kier alpha value is -1.95. The highest BCUT2D eigenvalue weighted by Gasteiger charge is 2.13. The minimum atomic E-state index is 0.548. The van der Waals surface area contributed by atoms with Crippen LogP contribution in [0, 0.1) is 11.3 Å². The van der Waals surface area contributed by atoms with Crippen LogP contribution in [0.15, 0.2) is 23.8 Å². The number of nitrogens with zero attached hydrogens (tertiary/aromatic N) is 1. The lowest BCUT2D eigenvalue weighted by molar-refractivity contribution is 0.357. The zero-order valence-electron chi connectivity index (χ0n) is 8.58. The van der Waals surface area contributed by atoms with Crippen molar-refractivity contribution >= 4 is 5.70 Å². The number of fused-ring (bicyclic) bond motifs is 1. The molecule has 0 fully saturated rings. The molecule has 0 saturated carbocycles. The van der Waals surface area contributed by atoms with Crippen molar-refractivity contribution in [3.63, 3.8) is 0 Å². The van der Waals surface area contributed by atoms with Crippen LogP contribution >= 0.6 is 0 Å². The van der Waals surface area contributed by atoms with Crippen LogP contribution < -0.4 is 10.5 Å². The van der Waals surface area contributed by atoms with E-state index in [9.17, 15) is 0 Å². The summed E-state index contributed by atoms with van der Waals surface area (Å²) in [5.74, 6) is 0.932. The molecule has 1 heterocycles. The smallest absolute Gasteiger partial charge is 0.122 e. The molecular weight excluding hydrogens is 188 g/mol. The lowest BCUT2D eigenvalue weighted by atomic mass is 10.0. The molecule has 15 heavy (non-hydrogen) atoms. The van der Waals surface area contributed by atoms with Crippen molar-refractivity contribution in [2.24, 2.45) is 5.73 Å². The zero-order chi connectivity index (χ0) is 10.8. The lowest BCUT2D eigenvalue weighted by Gasteiger charge is -2.05. The topological polar surface area (TPSA) is 59.0 Å². The summed E-state index contributed by atoms with van der Waals surface area (Å²) in [7, 11) is 0. The van der Waals surface area contributed by atoms with E-state index >= 15 is 0 Å². The van der Waals surface area contributed by atoms with Gasteiger partial charge in [-0.3, -0.25) is 0 Å². The van der Waals surface area contributed by atoms with Gasteiger partial charge >= 0.3 is 0 Å². The molecule has 3 nitrogen and oxygen atoms in total. The van der Waals surface area contributed by atoms with E-state index in [2.05, 4.69) is 6.07 Å². The van der Waals surface area contributed by atoms with Crippen LogP contribution in [0.4, 0.5) is 0 Å². The third-order valence-corrected chi connectivity index (χ3v) is 2.57. The Labute approximate surface area is 88.8 Å². The summed E-state index contributed by atoms with van der Waals surface area (Å²) < 4.78 is 5.40. The maximum atomic E-state index is 8.75. The number of hydrogen-bond donors (Lipinski definition) is 1. The summed E-state index contributed by atoms with van der Waals surface area (Å²) in [6, 6.07) is 7.85. The zero-order valence-corrected chi connectivity index (χ0v) is 8.58. The highest BCUT2D eigenvalue weighted by molar-refractivity contribution is 5.69. The molecule has 0 spiro atoms. The average Bonchev–Trinajstić information content (AvgIpc) is 2.73. The maximum Gasteiger partial charge on any atom is 0.122 e. The van der Waals surface area contributed by atoms with Gasteiger partial charge in [0.2, 0.25) is 0 Å². The number of benzene rings is 1. The van der Waals surface area contributed by atoms with E-state index in [-0.39, 0.29) is 0 Å². The van der Waals surface area contributed by atoms with Crippen molar-refractivity contribution in [1.29, 1.82) is 5.26 Å². The number of rotatable bonds is 1. The fourth-order valence-electron chi connectivity index (χ4n) is 1.63. The summed E-state index contributed by atoms with van der Waals surface area (Å²) in [5, 5.41) is 8.75. The fourth-order valence-corrected chi connectivity index (χ4v) is 1.63. The van der Waals surface area contributed by atoms with Gasteiger partial charge in [0.15, 0.2) is 0 Å². The third kappa shape index (κ3) is 1.66. The van der Waals surface area contributed by atoms with Gasteiger partial charge in [0.1, 0.15) is 5.75 Å². The Morgan fingerprint density at radius 2 is 2.33 bits per heavy atom. The maximum absolute atomic E-state index is 8.75. The Balaban J connectivity index is 2.44. The number of nitrogens with two attached hydrogens (primary N) is 1. The third-order valence-electron chi connectivity index (χ3n) is 2.57. The van der Waals surface area contributed by atoms with Crippen molar-refractivity contribution in [2.75, 3.05) is 6.61 Å². The molecule has 0 atom stereocenters. The Bertz CT molecular complexity index is 469. The van der Waals surface area contributed by atoms with Crippen LogP contribution in [0.25, 0.3) is 5.70 Å². The van der Waals surface area contributed by atoms with Crippen molar-refractivity contribution in [2.45, 2.75) is 13.3 Å². The molecule has 1 aromatic rings. The molecule has 0 amide bonds. The first-order valence-corrected chi connectivity index (χ1v) is 4.85. The van der Waals surface area contributed by atoms with E-state index in [0.717, 1.165) is 24.3 Å². The van der Waals surface area contributed by atoms with Crippen molar-refractivity contribution in [1.82, 2.24) is 0 Å². The second-order valence-electron chi connectivity index (χ2n) is 3.57. The first kappa shape index (κ1) is 9.60. The molecule has 1 aliphatic rings. The normalized spacial score (nSPS) is 14.9. The van der Waals surface area contributed by atoms with Crippen LogP contribution in [0.3, 0.4) is 0 Å². The monoisotopic (exact) mass is 200 g/mol. The van der Waals surface area contributed by atoms with Crippen LogP contribution in [0.1, 0.15) is 18.1 Å². The van der Waals surface area contributed by atoms with Gasteiger partial charge in [-0.1, -0.05) is 0 Å². The van der Waals surface area contributed by atoms with E-state index in [0.29, 0.717) is 11.3 Å². The van der Waals surface area contributed by atoms with E-state index in [4.69, 9.17) is 15.7 Å². The van der Waals surface area contributed by atoms with Crippen molar-refractivity contribution in [3.05, 3.63) is 34.9 Å². The van der Waals surface area contributed by atoms with Crippen molar-refractivity contribution < 1.29 is 4.74 Å². The van der Waals surface area contributed by atoms with Crippen LogP contribution in [-0.4, -0.2) is 6.61 Å². The molecule has 0 aliphatic carbocycles. The highest BCUT2D eigenvalue weighted by atomic mass is 16.5. The first-order chi connectivity index (χ1) is 7.22. The predicted molar refractivity (Wildman–Crippen MR) is 58.0 cm³/mol. The standard InChI is InChI=1S/C12H12N2O/c1-8(7-13)12(14)10-2-3-11-9(6-10)4-5-15-11/h2-3,6H,4-5,14H2,1H3/b12-8-. The lowest BCUT2D eigenvalue weighted by Crippen LogP contribution is -1.99. The van der Waals surface area contributed by atoms with Crippen molar-refractivity contribution in [3.8, 4) is 11.8 Å². The summed E-state index contributed by atoms with van der Waals surface area (Å²) in [6.07, 6.45) is 0.919. The molecule has 0 bridgehead atoms. The summed E-state index contributed by atoms with van der Waals surface area (Å²) in [6.45, 7) is 2.46. The molecule has 76 valence electrons. The second kappa shape index (κ2) is 3.66. The summed E-state index contributed by atoms with van der Waals surface area (Å²) in [5.41, 5.74) is 9.03. The van der Waals surface area contributed by atoms with Gasteiger partial charge in [0.05, 0.1) is 18.4 Å². The molecule has 2 N–H and O–H groups in total. The average molecular weight is 200 g/mol. The van der Waals surface area contributed by atoms with Gasteiger partial charge in [-0.2, -0.15) is 5.26 Å². The molecular formula is C12H12N2O. The SMILES string of the molecule is C/C(C#N)=C(/N)c1ccc2c(c1)CCO2. The van der Waals surface area contributed by atoms with E-state index in [1.165, 1.54) is 5.56 Å². The molecule has 1 aromatic carbocycles. The van der Waals surface area contributed by atoms with E-state index < -0.39 is 0 Å². The Morgan fingerprint density at radius 1 is 1.53 bits per heavy atom.